The van der Waals surface area contributed by atoms with Crippen molar-refractivity contribution in [3.63, 3.8) is 0 Å². The molecule has 126 valence electrons. The maximum absolute atomic E-state index is 12.5. The van der Waals surface area contributed by atoms with Crippen LogP contribution in [-0.4, -0.2) is 23.0 Å². The summed E-state index contributed by atoms with van der Waals surface area (Å²) in [6, 6.07) is 15.4. The first-order chi connectivity index (χ1) is 11.5. The minimum atomic E-state index is -1.05. The van der Waals surface area contributed by atoms with Gasteiger partial charge in [0.05, 0.1) is 0 Å². The number of hydrogen-bond donors (Lipinski definition) is 2. The van der Waals surface area contributed by atoms with Crippen molar-refractivity contribution >= 4 is 11.9 Å². The third kappa shape index (κ3) is 4.59. The molecule has 5 heteroatoms. The van der Waals surface area contributed by atoms with Crippen molar-refractivity contribution in [3.8, 4) is 5.75 Å². The molecule has 0 fully saturated rings. The van der Waals surface area contributed by atoms with Gasteiger partial charge < -0.3 is 15.2 Å². The Morgan fingerprint density at radius 1 is 1.04 bits per heavy atom. The fraction of sp³-hybridized carbons (Fsp3) is 0.263. The fourth-order valence-corrected chi connectivity index (χ4v) is 2.28. The first-order valence-corrected chi connectivity index (χ1v) is 7.78. The Morgan fingerprint density at radius 3 is 2.29 bits per heavy atom. The predicted octanol–water partition coefficient (Wildman–Crippen LogP) is 3.10. The summed E-state index contributed by atoms with van der Waals surface area (Å²) in [7, 11) is 0. The van der Waals surface area contributed by atoms with Gasteiger partial charge in [-0.05, 0) is 24.1 Å². The number of aliphatic carboxylic acids is 1. The quantitative estimate of drug-likeness (QED) is 0.819. The van der Waals surface area contributed by atoms with E-state index in [1.54, 1.807) is 32.0 Å². The summed E-state index contributed by atoms with van der Waals surface area (Å²) in [5.74, 6) is -0.961. The lowest BCUT2D eigenvalue weighted by atomic mass is 10.0. The third-order valence-electron chi connectivity index (χ3n) is 3.62. The zero-order valence-corrected chi connectivity index (χ0v) is 13.7. The van der Waals surface area contributed by atoms with Crippen molar-refractivity contribution in [2.75, 3.05) is 0 Å². The lowest BCUT2D eigenvalue weighted by Gasteiger charge is -2.19. The van der Waals surface area contributed by atoms with Gasteiger partial charge in [0, 0.05) is 11.1 Å². The van der Waals surface area contributed by atoms with Gasteiger partial charge in [-0.15, -0.1) is 0 Å². The van der Waals surface area contributed by atoms with Crippen LogP contribution in [0.4, 0.5) is 0 Å². The van der Waals surface area contributed by atoms with Crippen LogP contribution in [0.5, 0.6) is 5.75 Å². The van der Waals surface area contributed by atoms with Crippen LogP contribution < -0.4 is 10.1 Å². The molecule has 1 unspecified atom stereocenters. The van der Waals surface area contributed by atoms with Gasteiger partial charge in [0.15, 0.2) is 0 Å². The van der Waals surface area contributed by atoms with Gasteiger partial charge in [-0.2, -0.15) is 0 Å². The molecule has 0 spiro atoms. The summed E-state index contributed by atoms with van der Waals surface area (Å²) in [5.41, 5.74) is 1.12. The van der Waals surface area contributed by atoms with E-state index in [2.05, 4.69) is 5.32 Å². The van der Waals surface area contributed by atoms with Crippen molar-refractivity contribution in [1.29, 1.82) is 0 Å². The molecule has 0 radical (unpaired) electrons. The topological polar surface area (TPSA) is 75.6 Å². The summed E-state index contributed by atoms with van der Waals surface area (Å²) in [6.45, 7) is 3.74. The third-order valence-corrected chi connectivity index (χ3v) is 3.62. The van der Waals surface area contributed by atoms with E-state index in [4.69, 9.17) is 4.74 Å². The van der Waals surface area contributed by atoms with Crippen LogP contribution >= 0.6 is 0 Å². The Hall–Kier alpha value is -2.82. The minimum Gasteiger partial charge on any atom is -0.489 e. The van der Waals surface area contributed by atoms with Crippen LogP contribution in [0.1, 0.15) is 29.8 Å². The van der Waals surface area contributed by atoms with Crippen molar-refractivity contribution in [1.82, 2.24) is 5.32 Å². The van der Waals surface area contributed by atoms with E-state index in [9.17, 15) is 14.7 Å². The van der Waals surface area contributed by atoms with Gasteiger partial charge >= 0.3 is 5.97 Å². The average Bonchev–Trinajstić information content (AvgIpc) is 2.58. The monoisotopic (exact) mass is 327 g/mol. The number of nitrogens with one attached hydrogen (secondary N) is 1. The van der Waals surface area contributed by atoms with Crippen LogP contribution in [0.3, 0.4) is 0 Å². The number of hydrogen-bond acceptors (Lipinski definition) is 3. The highest BCUT2D eigenvalue weighted by Gasteiger charge is 2.24. The van der Waals surface area contributed by atoms with Crippen molar-refractivity contribution in [3.05, 3.63) is 65.7 Å². The Kier molecular flexibility index (Phi) is 5.95. The SMILES string of the molecule is CC(C)C(NC(=O)c1ccccc1COc1ccccc1)C(=O)O. The Morgan fingerprint density at radius 2 is 1.67 bits per heavy atom. The zero-order chi connectivity index (χ0) is 17.5. The molecule has 2 aromatic carbocycles. The molecule has 1 amide bonds. The van der Waals surface area contributed by atoms with Crippen molar-refractivity contribution in [2.45, 2.75) is 26.5 Å². The largest absolute Gasteiger partial charge is 0.489 e. The number of amides is 1. The Balaban J connectivity index is 2.12. The highest BCUT2D eigenvalue weighted by atomic mass is 16.5. The van der Waals surface area contributed by atoms with Gasteiger partial charge in [0.1, 0.15) is 18.4 Å². The minimum absolute atomic E-state index is 0.209. The number of para-hydroxylation sites is 1. The highest BCUT2D eigenvalue weighted by molar-refractivity contribution is 5.97. The maximum atomic E-state index is 12.5. The molecule has 24 heavy (non-hydrogen) atoms. The van der Waals surface area contributed by atoms with Gasteiger partial charge in [-0.25, -0.2) is 4.79 Å². The summed E-state index contributed by atoms with van der Waals surface area (Å²) in [4.78, 5) is 23.7. The molecule has 0 aliphatic rings. The number of ether oxygens (including phenoxy) is 1. The average molecular weight is 327 g/mol. The van der Waals surface area contributed by atoms with Crippen molar-refractivity contribution in [2.24, 2.45) is 5.92 Å². The van der Waals surface area contributed by atoms with Gasteiger partial charge in [-0.1, -0.05) is 50.2 Å². The second kappa shape index (κ2) is 8.15. The molecule has 0 aliphatic carbocycles. The second-order valence-corrected chi connectivity index (χ2v) is 5.79. The standard InChI is InChI=1S/C19H21NO4/c1-13(2)17(19(22)23)20-18(21)16-11-7-6-8-14(16)12-24-15-9-4-3-5-10-15/h3-11,13,17H,12H2,1-2H3,(H,20,21)(H,22,23). The lowest BCUT2D eigenvalue weighted by molar-refractivity contribution is -0.140. The molecule has 2 N–H and O–H groups in total. The molecule has 0 saturated heterocycles. The van der Waals surface area contributed by atoms with E-state index < -0.39 is 17.9 Å². The molecular weight excluding hydrogens is 306 g/mol. The fourth-order valence-electron chi connectivity index (χ4n) is 2.28. The van der Waals surface area contributed by atoms with Gasteiger partial charge in [0.2, 0.25) is 0 Å². The number of carboxylic acid groups (broad SMARTS) is 1. The van der Waals surface area contributed by atoms with E-state index in [-0.39, 0.29) is 12.5 Å². The van der Waals surface area contributed by atoms with E-state index in [1.165, 1.54) is 0 Å². The van der Waals surface area contributed by atoms with Crippen LogP contribution in [0.25, 0.3) is 0 Å². The van der Waals surface area contributed by atoms with Crippen molar-refractivity contribution < 1.29 is 19.4 Å². The highest BCUT2D eigenvalue weighted by Crippen LogP contribution is 2.15. The maximum Gasteiger partial charge on any atom is 0.326 e. The molecule has 5 nitrogen and oxygen atoms in total. The Bertz CT molecular complexity index is 698. The summed E-state index contributed by atoms with van der Waals surface area (Å²) < 4.78 is 5.69. The first kappa shape index (κ1) is 17.5. The number of rotatable bonds is 7. The lowest BCUT2D eigenvalue weighted by Crippen LogP contribution is -2.44. The molecule has 0 aliphatic heterocycles. The van der Waals surface area contributed by atoms with E-state index in [0.29, 0.717) is 16.9 Å². The number of carboxylic acids is 1. The molecule has 1 atom stereocenters. The molecule has 0 saturated carbocycles. The summed E-state index contributed by atoms with van der Waals surface area (Å²) in [6.07, 6.45) is 0. The van der Waals surface area contributed by atoms with Crippen LogP contribution in [0.15, 0.2) is 54.6 Å². The zero-order valence-electron chi connectivity index (χ0n) is 13.7. The van der Waals surface area contributed by atoms with E-state index in [0.717, 1.165) is 0 Å². The summed E-state index contributed by atoms with van der Waals surface area (Å²) >= 11 is 0. The van der Waals surface area contributed by atoms with Crippen LogP contribution in [0.2, 0.25) is 0 Å². The number of carbonyl (C=O) groups excluding carboxylic acids is 1. The van der Waals surface area contributed by atoms with Gasteiger partial charge in [-0.3, -0.25) is 4.79 Å². The molecule has 0 heterocycles. The second-order valence-electron chi connectivity index (χ2n) is 5.79. The number of carbonyl (C=O) groups is 2. The molecule has 2 aromatic rings. The molecular formula is C19H21NO4. The normalized spacial score (nSPS) is 11.8. The smallest absolute Gasteiger partial charge is 0.326 e. The van der Waals surface area contributed by atoms with Crippen LogP contribution in [0, 0.1) is 5.92 Å². The Labute approximate surface area is 141 Å². The van der Waals surface area contributed by atoms with Gasteiger partial charge in [0.25, 0.3) is 5.91 Å². The predicted molar refractivity (Wildman–Crippen MR) is 90.9 cm³/mol. The first-order valence-electron chi connectivity index (χ1n) is 7.78. The van der Waals surface area contributed by atoms with E-state index in [1.807, 2.05) is 36.4 Å². The number of benzene rings is 2. The van der Waals surface area contributed by atoms with E-state index >= 15 is 0 Å². The molecule has 0 bridgehead atoms. The molecule has 2 rings (SSSR count). The van der Waals surface area contributed by atoms with Crippen LogP contribution in [-0.2, 0) is 11.4 Å². The summed E-state index contributed by atoms with van der Waals surface area (Å²) in [5, 5.41) is 11.8. The molecule has 0 aromatic heterocycles.